The maximum Gasteiger partial charge on any atom is 0.145 e. The van der Waals surface area contributed by atoms with E-state index in [9.17, 15) is 0 Å². The van der Waals surface area contributed by atoms with Crippen LogP contribution in [0.4, 0.5) is 5.69 Å². The minimum atomic E-state index is 0.575. The van der Waals surface area contributed by atoms with Crippen molar-refractivity contribution in [2.45, 2.75) is 19.3 Å². The average Bonchev–Trinajstić information content (AvgIpc) is 2.41. The van der Waals surface area contributed by atoms with E-state index in [0.29, 0.717) is 23.1 Å². The van der Waals surface area contributed by atoms with Crippen LogP contribution in [0, 0.1) is 5.92 Å². The maximum absolute atomic E-state index is 5.94. The molecule has 1 aliphatic rings. The molecule has 4 nitrogen and oxygen atoms in total. The molecule has 0 aliphatic carbocycles. The third-order valence-corrected chi connectivity index (χ3v) is 3.53. The zero-order valence-electron chi connectivity index (χ0n) is 11.2. The molecule has 2 rings (SSSR count). The molecule has 0 radical (unpaired) electrons. The van der Waals surface area contributed by atoms with Crippen molar-refractivity contribution in [3.8, 4) is 11.5 Å². The van der Waals surface area contributed by atoms with E-state index >= 15 is 0 Å². The highest BCUT2D eigenvalue weighted by Gasteiger charge is 2.16. The van der Waals surface area contributed by atoms with Crippen molar-refractivity contribution in [1.82, 2.24) is 5.32 Å². The van der Waals surface area contributed by atoms with E-state index < -0.39 is 0 Å². The van der Waals surface area contributed by atoms with Gasteiger partial charge in [-0.15, -0.1) is 0 Å². The van der Waals surface area contributed by atoms with E-state index in [1.807, 2.05) is 12.1 Å². The summed E-state index contributed by atoms with van der Waals surface area (Å²) in [6, 6.07) is 4.04. The minimum Gasteiger partial charge on any atom is -0.494 e. The number of anilines is 1. The molecule has 0 bridgehead atoms. The van der Waals surface area contributed by atoms with Crippen molar-refractivity contribution >= 4 is 5.69 Å². The first-order chi connectivity index (χ1) is 8.74. The van der Waals surface area contributed by atoms with Crippen LogP contribution in [0.15, 0.2) is 12.1 Å². The third-order valence-electron chi connectivity index (χ3n) is 3.53. The van der Waals surface area contributed by atoms with Gasteiger partial charge in [-0.25, -0.2) is 0 Å². The van der Waals surface area contributed by atoms with Gasteiger partial charge >= 0.3 is 0 Å². The largest absolute Gasteiger partial charge is 0.494 e. The van der Waals surface area contributed by atoms with E-state index in [4.69, 9.17) is 15.2 Å². The van der Waals surface area contributed by atoms with Gasteiger partial charge < -0.3 is 20.5 Å². The average molecular weight is 250 g/mol. The zero-order valence-corrected chi connectivity index (χ0v) is 11.2. The number of piperidine rings is 1. The number of hydrogen-bond donors (Lipinski definition) is 2. The van der Waals surface area contributed by atoms with Gasteiger partial charge in [-0.05, 0) is 56.0 Å². The summed E-state index contributed by atoms with van der Waals surface area (Å²) in [5.41, 5.74) is 7.75. The van der Waals surface area contributed by atoms with Gasteiger partial charge in [-0.1, -0.05) is 0 Å². The van der Waals surface area contributed by atoms with Crippen molar-refractivity contribution in [3.63, 3.8) is 0 Å². The maximum atomic E-state index is 5.94. The van der Waals surface area contributed by atoms with Gasteiger partial charge in [0.25, 0.3) is 0 Å². The number of methoxy groups -OCH3 is 2. The number of nitrogen functional groups attached to an aromatic ring is 1. The molecular weight excluding hydrogens is 228 g/mol. The summed E-state index contributed by atoms with van der Waals surface area (Å²) < 4.78 is 10.6. The Bertz CT molecular complexity index is 376. The predicted octanol–water partition coefficient (Wildman–Crippen LogP) is 1.83. The molecule has 3 N–H and O–H groups in total. The van der Waals surface area contributed by atoms with Crippen LogP contribution in [0.25, 0.3) is 0 Å². The Hall–Kier alpha value is -1.42. The summed E-state index contributed by atoms with van der Waals surface area (Å²) in [7, 11) is 3.27. The van der Waals surface area contributed by atoms with Gasteiger partial charge in [0.05, 0.1) is 14.2 Å². The summed E-state index contributed by atoms with van der Waals surface area (Å²) in [6.07, 6.45) is 3.58. The Kier molecular flexibility index (Phi) is 4.31. The fraction of sp³-hybridized carbons (Fsp3) is 0.571. The molecule has 4 heteroatoms. The van der Waals surface area contributed by atoms with E-state index in [0.717, 1.165) is 19.5 Å². The monoisotopic (exact) mass is 250 g/mol. The number of benzene rings is 1. The van der Waals surface area contributed by atoms with Crippen molar-refractivity contribution in [3.05, 3.63) is 17.7 Å². The minimum absolute atomic E-state index is 0.575. The highest BCUT2D eigenvalue weighted by molar-refractivity contribution is 5.64. The summed E-state index contributed by atoms with van der Waals surface area (Å²) in [4.78, 5) is 0. The van der Waals surface area contributed by atoms with Gasteiger partial charge in [-0.2, -0.15) is 0 Å². The van der Waals surface area contributed by atoms with Crippen LogP contribution in [0.1, 0.15) is 18.4 Å². The van der Waals surface area contributed by atoms with Crippen LogP contribution in [0.2, 0.25) is 0 Å². The fourth-order valence-electron chi connectivity index (χ4n) is 2.54. The molecule has 1 aromatic carbocycles. The first-order valence-electron chi connectivity index (χ1n) is 6.45. The Morgan fingerprint density at radius 2 is 1.94 bits per heavy atom. The second-order valence-corrected chi connectivity index (χ2v) is 4.83. The van der Waals surface area contributed by atoms with Crippen LogP contribution in [-0.2, 0) is 6.42 Å². The molecule has 1 saturated heterocycles. The highest BCUT2D eigenvalue weighted by Crippen LogP contribution is 2.34. The highest BCUT2D eigenvalue weighted by atomic mass is 16.5. The van der Waals surface area contributed by atoms with E-state index in [-0.39, 0.29) is 0 Å². The van der Waals surface area contributed by atoms with E-state index in [2.05, 4.69) is 5.32 Å². The molecular formula is C14H22N2O2. The number of ether oxygens (including phenoxy) is 2. The van der Waals surface area contributed by atoms with Crippen LogP contribution in [0.3, 0.4) is 0 Å². The summed E-state index contributed by atoms with van der Waals surface area (Å²) in [5, 5.41) is 3.44. The van der Waals surface area contributed by atoms with E-state index in [1.54, 1.807) is 14.2 Å². The van der Waals surface area contributed by atoms with Gasteiger partial charge in [0.1, 0.15) is 17.2 Å². The summed E-state index contributed by atoms with van der Waals surface area (Å²) >= 11 is 0. The summed E-state index contributed by atoms with van der Waals surface area (Å²) in [5.74, 6) is 2.10. The lowest BCUT2D eigenvalue weighted by molar-refractivity contribution is 0.372. The zero-order chi connectivity index (χ0) is 13.0. The Balaban J connectivity index is 2.16. The number of nitrogens with two attached hydrogens (primary N) is 1. The van der Waals surface area contributed by atoms with Crippen LogP contribution >= 0.6 is 0 Å². The van der Waals surface area contributed by atoms with Gasteiger partial charge in [0, 0.05) is 0 Å². The normalized spacial score (nSPS) is 19.6. The van der Waals surface area contributed by atoms with Crippen molar-refractivity contribution in [1.29, 1.82) is 0 Å². The topological polar surface area (TPSA) is 56.5 Å². The SMILES string of the molecule is COc1cc(CC2CCCNC2)cc(OC)c1N. The van der Waals surface area contributed by atoms with Crippen molar-refractivity contribution in [2.24, 2.45) is 5.92 Å². The number of rotatable bonds is 4. The van der Waals surface area contributed by atoms with Crippen molar-refractivity contribution in [2.75, 3.05) is 33.0 Å². The quantitative estimate of drug-likeness (QED) is 0.800. The van der Waals surface area contributed by atoms with Gasteiger partial charge in [-0.3, -0.25) is 0 Å². The van der Waals surface area contributed by atoms with Gasteiger partial charge in [0.15, 0.2) is 0 Å². The molecule has 0 amide bonds. The van der Waals surface area contributed by atoms with E-state index in [1.165, 1.54) is 18.4 Å². The van der Waals surface area contributed by atoms with Crippen molar-refractivity contribution < 1.29 is 9.47 Å². The lowest BCUT2D eigenvalue weighted by Crippen LogP contribution is -2.30. The molecule has 1 atom stereocenters. The van der Waals surface area contributed by atoms with Crippen LogP contribution < -0.4 is 20.5 Å². The molecule has 18 heavy (non-hydrogen) atoms. The molecule has 1 fully saturated rings. The molecule has 1 aliphatic heterocycles. The number of hydrogen-bond acceptors (Lipinski definition) is 4. The summed E-state index contributed by atoms with van der Waals surface area (Å²) in [6.45, 7) is 2.24. The Morgan fingerprint density at radius 3 is 2.44 bits per heavy atom. The lowest BCUT2D eigenvalue weighted by Gasteiger charge is -2.23. The molecule has 1 unspecified atom stereocenters. The molecule has 0 aromatic heterocycles. The Labute approximate surface area is 108 Å². The standard InChI is InChI=1S/C14H22N2O2/c1-17-12-7-11(8-13(18-2)14(12)15)6-10-4-3-5-16-9-10/h7-8,10,16H,3-6,9,15H2,1-2H3. The lowest BCUT2D eigenvalue weighted by atomic mass is 9.92. The smallest absolute Gasteiger partial charge is 0.145 e. The second kappa shape index (κ2) is 5.96. The molecule has 1 heterocycles. The molecule has 0 saturated carbocycles. The third kappa shape index (κ3) is 2.88. The first kappa shape index (κ1) is 13.0. The van der Waals surface area contributed by atoms with Crippen LogP contribution in [-0.4, -0.2) is 27.3 Å². The molecule has 1 aromatic rings. The second-order valence-electron chi connectivity index (χ2n) is 4.83. The number of nitrogens with one attached hydrogen (secondary N) is 1. The predicted molar refractivity (Wildman–Crippen MR) is 73.3 cm³/mol. The fourth-order valence-corrected chi connectivity index (χ4v) is 2.54. The van der Waals surface area contributed by atoms with Crippen LogP contribution in [0.5, 0.6) is 11.5 Å². The Morgan fingerprint density at radius 1 is 1.28 bits per heavy atom. The van der Waals surface area contributed by atoms with Gasteiger partial charge in [0.2, 0.25) is 0 Å². The molecule has 0 spiro atoms. The first-order valence-corrected chi connectivity index (χ1v) is 6.45. The molecule has 100 valence electrons.